The average molecular weight is 484 g/mol. The predicted molar refractivity (Wildman–Crippen MR) is 131 cm³/mol. The molecular weight excluding hydrogens is 454 g/mol. The van der Waals surface area contributed by atoms with Gasteiger partial charge in [-0.05, 0) is 43.4 Å². The summed E-state index contributed by atoms with van der Waals surface area (Å²) in [5, 5.41) is 1.98. The van der Waals surface area contributed by atoms with E-state index in [4.69, 9.17) is 4.74 Å². The molecule has 1 N–H and O–H groups in total. The number of esters is 1. The minimum atomic E-state index is -0.856. The Bertz CT molecular complexity index is 1020. The van der Waals surface area contributed by atoms with Gasteiger partial charge in [0.15, 0.2) is 5.12 Å². The van der Waals surface area contributed by atoms with Gasteiger partial charge in [-0.2, -0.15) is 0 Å². The number of hydrogen-bond acceptors (Lipinski definition) is 7. The molecule has 1 unspecified atom stereocenters. The van der Waals surface area contributed by atoms with Gasteiger partial charge in [-0.3, -0.25) is 24.1 Å². The molecule has 0 aromatic heterocycles. The molecule has 2 atom stereocenters. The van der Waals surface area contributed by atoms with Gasteiger partial charge in [0, 0.05) is 19.6 Å². The highest BCUT2D eigenvalue weighted by atomic mass is 32.2. The molecule has 0 bridgehead atoms. The van der Waals surface area contributed by atoms with Crippen molar-refractivity contribution in [3.05, 3.63) is 59.4 Å². The number of ether oxygens (including phenoxy) is 1. The maximum absolute atomic E-state index is 13.4. The fourth-order valence-corrected chi connectivity index (χ4v) is 4.75. The van der Waals surface area contributed by atoms with Crippen LogP contribution in [-0.2, 0) is 30.3 Å². The molecule has 2 aliphatic heterocycles. The van der Waals surface area contributed by atoms with Gasteiger partial charge in [-0.15, -0.1) is 0 Å². The molecule has 2 amide bonds. The summed E-state index contributed by atoms with van der Waals surface area (Å²) in [7, 11) is 0. The Balaban J connectivity index is 1.83. The van der Waals surface area contributed by atoms with Crippen LogP contribution in [0.5, 0.6) is 0 Å². The molecule has 8 nitrogen and oxygen atoms in total. The molecule has 0 aliphatic carbocycles. The second-order valence-electron chi connectivity index (χ2n) is 7.95. The number of hydrogen-bond donors (Lipinski definition) is 1. The number of nitrogens with zero attached hydrogens (tertiary/aromatic N) is 2. The first-order chi connectivity index (χ1) is 16.4. The Hall–Kier alpha value is -3.20. The van der Waals surface area contributed by atoms with Gasteiger partial charge in [0.05, 0.1) is 11.9 Å². The van der Waals surface area contributed by atoms with Gasteiger partial charge in [0.2, 0.25) is 5.91 Å². The lowest BCUT2D eigenvalue weighted by Crippen LogP contribution is -2.54. The lowest BCUT2D eigenvalue weighted by molar-refractivity contribution is -0.149. The summed E-state index contributed by atoms with van der Waals surface area (Å²) in [5.41, 5.74) is 1.80. The summed E-state index contributed by atoms with van der Waals surface area (Å²) in [6, 6.07) is 8.56. The molecule has 9 heteroatoms. The maximum Gasteiger partial charge on any atom is 0.326 e. The Morgan fingerprint density at radius 1 is 1.26 bits per heavy atom. The zero-order valence-corrected chi connectivity index (χ0v) is 20.2. The number of rotatable bonds is 8. The Kier molecular flexibility index (Phi) is 9.21. The Labute approximate surface area is 203 Å². The maximum atomic E-state index is 13.4. The van der Waals surface area contributed by atoms with Crippen LogP contribution in [0.15, 0.2) is 58.9 Å². The van der Waals surface area contributed by atoms with Gasteiger partial charge in [0.1, 0.15) is 18.4 Å². The summed E-state index contributed by atoms with van der Waals surface area (Å²) in [6.45, 7) is 3.03. The van der Waals surface area contributed by atoms with Crippen molar-refractivity contribution in [1.29, 1.82) is 0 Å². The molecule has 0 fully saturated rings. The Morgan fingerprint density at radius 2 is 2.03 bits per heavy atom. The topological polar surface area (TPSA) is 105 Å². The fourth-order valence-electron chi connectivity index (χ4n) is 3.89. The lowest BCUT2D eigenvalue weighted by Gasteiger charge is -2.35. The van der Waals surface area contributed by atoms with Gasteiger partial charge in [-0.25, -0.2) is 4.99 Å². The SMILES string of the molecule is CCOC(=O)CN1C(=O)C(NC(=O)[C@H](Cc2ccccc2)SC(C)=O)CC2=C1/N=C\C=C/CC2. The van der Waals surface area contributed by atoms with Crippen molar-refractivity contribution in [2.24, 2.45) is 4.99 Å². The van der Waals surface area contributed by atoms with Gasteiger partial charge >= 0.3 is 5.97 Å². The van der Waals surface area contributed by atoms with Crippen molar-refractivity contribution in [1.82, 2.24) is 10.2 Å². The number of nitrogens with one attached hydrogen (secondary N) is 1. The van der Waals surface area contributed by atoms with Gasteiger partial charge in [-0.1, -0.05) is 48.2 Å². The van der Waals surface area contributed by atoms with E-state index in [1.165, 1.54) is 11.8 Å². The minimum Gasteiger partial charge on any atom is -0.465 e. The monoisotopic (exact) mass is 483 g/mol. The molecule has 34 heavy (non-hydrogen) atoms. The summed E-state index contributed by atoms with van der Waals surface area (Å²) in [5.74, 6) is -0.923. The van der Waals surface area contributed by atoms with E-state index in [1.807, 2.05) is 36.4 Å². The zero-order valence-electron chi connectivity index (χ0n) is 19.4. The Morgan fingerprint density at radius 3 is 2.74 bits per heavy atom. The van der Waals surface area contributed by atoms with E-state index in [0.717, 1.165) is 29.3 Å². The van der Waals surface area contributed by atoms with Crippen LogP contribution in [0, 0.1) is 0 Å². The summed E-state index contributed by atoms with van der Waals surface area (Å²) in [6.07, 6.45) is 7.44. The highest BCUT2D eigenvalue weighted by molar-refractivity contribution is 8.14. The average Bonchev–Trinajstić information content (AvgIpc) is 2.78. The number of carbonyl (C=O) groups excluding carboxylic acids is 4. The van der Waals surface area contributed by atoms with Crippen molar-refractivity contribution in [2.45, 2.75) is 50.8 Å². The molecule has 3 rings (SSSR count). The van der Waals surface area contributed by atoms with Crippen LogP contribution in [0.1, 0.15) is 38.7 Å². The standard InChI is InChI=1S/C25H29N3O5S/c1-3-33-22(30)16-28-23-19(12-8-5-9-13-26-23)15-20(25(28)32)27-24(31)21(34-17(2)29)14-18-10-6-4-7-11-18/h4-7,9-11,13,20-21H,3,8,12,14-16H2,1-2H3,(H,27,31)/b9-5-,26-13-/t20?,21-/m0/s1. The fraction of sp³-hybridized carbons (Fsp3) is 0.400. The second kappa shape index (κ2) is 12.3. The number of thioether (sulfide) groups is 1. The molecule has 2 heterocycles. The van der Waals surface area contributed by atoms with E-state index in [0.29, 0.717) is 25.1 Å². The van der Waals surface area contributed by atoms with Gasteiger partial charge < -0.3 is 10.1 Å². The highest BCUT2D eigenvalue weighted by Crippen LogP contribution is 2.29. The molecule has 0 spiro atoms. The van der Waals surface area contributed by atoms with E-state index in [2.05, 4.69) is 10.3 Å². The van der Waals surface area contributed by atoms with Crippen LogP contribution in [0.2, 0.25) is 0 Å². The van der Waals surface area contributed by atoms with E-state index in [1.54, 1.807) is 19.2 Å². The molecule has 1 aromatic carbocycles. The zero-order chi connectivity index (χ0) is 24.5. The van der Waals surface area contributed by atoms with E-state index in [9.17, 15) is 19.2 Å². The molecule has 0 saturated heterocycles. The van der Waals surface area contributed by atoms with Crippen LogP contribution in [0.4, 0.5) is 0 Å². The van der Waals surface area contributed by atoms with Crippen LogP contribution in [0.25, 0.3) is 0 Å². The number of aliphatic imine (C=N–C) groups is 1. The molecular formula is C25H29N3O5S. The first-order valence-electron chi connectivity index (χ1n) is 11.3. The van der Waals surface area contributed by atoms with Crippen molar-refractivity contribution >= 4 is 40.9 Å². The predicted octanol–water partition coefficient (Wildman–Crippen LogP) is 2.79. The summed E-state index contributed by atoms with van der Waals surface area (Å²) >= 11 is 0.945. The molecule has 1 aromatic rings. The number of allylic oxidation sites excluding steroid dienone is 2. The number of carbonyl (C=O) groups is 4. The third kappa shape index (κ3) is 6.90. The molecule has 2 aliphatic rings. The van der Waals surface area contributed by atoms with Crippen molar-refractivity contribution in [2.75, 3.05) is 13.2 Å². The normalized spacial score (nSPS) is 20.5. The number of amides is 2. The van der Waals surface area contributed by atoms with E-state index >= 15 is 0 Å². The van der Waals surface area contributed by atoms with Crippen molar-refractivity contribution < 1.29 is 23.9 Å². The molecule has 0 radical (unpaired) electrons. The largest absolute Gasteiger partial charge is 0.465 e. The quantitative estimate of drug-likeness (QED) is 0.570. The first kappa shape index (κ1) is 25.4. The first-order valence-corrected chi connectivity index (χ1v) is 12.2. The smallest absolute Gasteiger partial charge is 0.326 e. The van der Waals surface area contributed by atoms with Crippen LogP contribution in [0.3, 0.4) is 0 Å². The van der Waals surface area contributed by atoms with Crippen molar-refractivity contribution in [3.63, 3.8) is 0 Å². The summed E-state index contributed by atoms with van der Waals surface area (Å²) in [4.78, 5) is 56.3. The van der Waals surface area contributed by atoms with Crippen LogP contribution < -0.4 is 5.32 Å². The van der Waals surface area contributed by atoms with E-state index in [-0.39, 0.29) is 18.3 Å². The summed E-state index contributed by atoms with van der Waals surface area (Å²) < 4.78 is 5.04. The van der Waals surface area contributed by atoms with Crippen LogP contribution >= 0.6 is 11.8 Å². The van der Waals surface area contributed by atoms with Crippen molar-refractivity contribution in [3.8, 4) is 0 Å². The minimum absolute atomic E-state index is 0.180. The molecule has 0 saturated carbocycles. The third-order valence-corrected chi connectivity index (χ3v) is 6.39. The highest BCUT2D eigenvalue weighted by Gasteiger charge is 2.38. The molecule has 180 valence electrons. The van der Waals surface area contributed by atoms with E-state index < -0.39 is 29.1 Å². The van der Waals surface area contributed by atoms with Crippen LogP contribution in [-0.4, -0.2) is 58.5 Å². The van der Waals surface area contributed by atoms with Gasteiger partial charge in [0.25, 0.3) is 5.91 Å². The third-order valence-electron chi connectivity index (χ3n) is 5.39. The lowest BCUT2D eigenvalue weighted by atomic mass is 9.95. The number of benzene rings is 1. The second-order valence-corrected chi connectivity index (χ2v) is 9.33.